The molecule has 208 valence electrons. The van der Waals surface area contributed by atoms with Crippen LogP contribution in [0.1, 0.15) is 62.3 Å². The number of aryl methyl sites for hydroxylation is 1. The molecule has 0 aliphatic carbocycles. The molecule has 39 heavy (non-hydrogen) atoms. The van der Waals surface area contributed by atoms with Crippen LogP contribution in [0.5, 0.6) is 0 Å². The lowest BCUT2D eigenvalue weighted by molar-refractivity contribution is -0.141. The van der Waals surface area contributed by atoms with Gasteiger partial charge in [0.05, 0.1) is 4.90 Å². The highest BCUT2D eigenvalue weighted by atomic mass is 32.2. The molecule has 0 aliphatic heterocycles. The normalized spacial score (nSPS) is 12.1. The van der Waals surface area contributed by atoms with Crippen LogP contribution in [0, 0.1) is 0 Å². The van der Waals surface area contributed by atoms with E-state index in [2.05, 4.69) is 17.0 Å². The Morgan fingerprint density at radius 3 is 2.08 bits per heavy atom. The minimum atomic E-state index is -3.54. The maximum absolute atomic E-state index is 13.8. The molecule has 0 unspecified atom stereocenters. The maximum atomic E-state index is 13.8. The Morgan fingerprint density at radius 1 is 0.821 bits per heavy atom. The number of carbonyl (C=O) groups is 2. The lowest BCUT2D eigenvalue weighted by Crippen LogP contribution is -2.43. The van der Waals surface area contributed by atoms with Gasteiger partial charge in [0.15, 0.2) is 0 Å². The summed E-state index contributed by atoms with van der Waals surface area (Å²) in [6.45, 7) is 5.01. The van der Waals surface area contributed by atoms with E-state index in [1.54, 1.807) is 36.1 Å². The largest absolute Gasteiger partial charge is 0.354 e. The summed E-state index contributed by atoms with van der Waals surface area (Å²) in [4.78, 5) is 29.1. The van der Waals surface area contributed by atoms with Crippen molar-refractivity contribution in [1.82, 2.24) is 14.9 Å². The highest BCUT2D eigenvalue weighted by Crippen LogP contribution is 2.25. The van der Waals surface area contributed by atoms with E-state index in [-0.39, 0.29) is 23.1 Å². The smallest absolute Gasteiger partial charge is 0.247 e. The van der Waals surface area contributed by atoms with Crippen molar-refractivity contribution in [2.45, 2.75) is 63.4 Å². The minimum Gasteiger partial charge on any atom is -0.354 e. The topological polar surface area (TPSA) is 95.6 Å². The van der Waals surface area contributed by atoms with Crippen molar-refractivity contribution in [3.8, 4) is 0 Å². The van der Waals surface area contributed by atoms with Crippen molar-refractivity contribution in [1.29, 1.82) is 0 Å². The van der Waals surface area contributed by atoms with Gasteiger partial charge < -0.3 is 10.2 Å². The van der Waals surface area contributed by atoms with Crippen LogP contribution in [0.3, 0.4) is 0 Å². The number of sulfonamides is 1. The van der Waals surface area contributed by atoms with Gasteiger partial charge in [0.2, 0.25) is 21.8 Å². The molecule has 7 nitrogen and oxygen atoms in total. The molecule has 0 saturated carbocycles. The monoisotopic (exact) mass is 549 g/mol. The molecule has 8 heteroatoms. The number of carbonyl (C=O) groups excluding carboxylic acids is 2. The molecule has 0 aliphatic rings. The van der Waals surface area contributed by atoms with E-state index in [0.717, 1.165) is 36.0 Å². The van der Waals surface area contributed by atoms with Crippen LogP contribution < -0.4 is 10.0 Å². The zero-order valence-electron chi connectivity index (χ0n) is 22.8. The average Bonchev–Trinajstić information content (AvgIpc) is 2.95. The number of unbranched alkanes of at least 4 members (excludes halogenated alkanes) is 2. The van der Waals surface area contributed by atoms with Gasteiger partial charge in [0.25, 0.3) is 0 Å². The van der Waals surface area contributed by atoms with Gasteiger partial charge in [-0.05, 0) is 41.7 Å². The molecule has 2 N–H and O–H groups in total. The van der Waals surface area contributed by atoms with E-state index in [1.807, 2.05) is 60.7 Å². The van der Waals surface area contributed by atoms with Crippen molar-refractivity contribution in [3.63, 3.8) is 0 Å². The van der Waals surface area contributed by atoms with E-state index < -0.39 is 16.1 Å². The Morgan fingerprint density at radius 2 is 1.46 bits per heavy atom. The molecule has 1 atom stereocenters. The number of hydrogen-bond donors (Lipinski definition) is 2. The molecule has 0 bridgehead atoms. The number of hydrogen-bond acceptors (Lipinski definition) is 4. The summed E-state index contributed by atoms with van der Waals surface area (Å²) in [5.74, 6) is -0.347. The van der Waals surface area contributed by atoms with E-state index in [0.29, 0.717) is 26.1 Å². The highest BCUT2D eigenvalue weighted by Gasteiger charge is 2.31. The van der Waals surface area contributed by atoms with Crippen LogP contribution in [0.25, 0.3) is 0 Å². The Hall–Kier alpha value is -3.49. The minimum absolute atomic E-state index is 0.152. The summed E-state index contributed by atoms with van der Waals surface area (Å²) in [6, 6.07) is 24.9. The molecule has 0 fully saturated rings. The second-order valence-electron chi connectivity index (χ2n) is 9.46. The Balaban J connectivity index is 1.84. The summed E-state index contributed by atoms with van der Waals surface area (Å²) in [5, 5.41) is 3.05. The fourth-order valence-corrected chi connectivity index (χ4v) is 5.44. The van der Waals surface area contributed by atoms with E-state index in [4.69, 9.17) is 0 Å². The predicted octanol–water partition coefficient (Wildman–Crippen LogP) is 4.99. The SMILES string of the molecule is CCCCCNC(=O)[C@H](c1ccccc1)N(Cc1ccccc1)C(=O)CCc1ccc(S(=O)(=O)NCC)cc1. The van der Waals surface area contributed by atoms with Crippen molar-refractivity contribution in [2.75, 3.05) is 13.1 Å². The van der Waals surface area contributed by atoms with E-state index in [9.17, 15) is 18.0 Å². The second kappa shape index (κ2) is 15.2. The molecule has 2 amide bonds. The van der Waals surface area contributed by atoms with Gasteiger partial charge in [-0.2, -0.15) is 0 Å². The van der Waals surface area contributed by atoms with Gasteiger partial charge in [0, 0.05) is 26.1 Å². The molecule has 3 aromatic rings. The van der Waals surface area contributed by atoms with Crippen molar-refractivity contribution in [3.05, 3.63) is 102 Å². The van der Waals surface area contributed by atoms with Gasteiger partial charge in [-0.25, -0.2) is 13.1 Å². The average molecular weight is 550 g/mol. The zero-order valence-corrected chi connectivity index (χ0v) is 23.6. The summed E-state index contributed by atoms with van der Waals surface area (Å²) < 4.78 is 27.0. The standard InChI is InChI=1S/C31H39N3O4S/c1-3-5-12-23-32-31(36)30(27-15-10-7-11-16-27)34(24-26-13-8-6-9-14-26)29(35)22-19-25-17-20-28(21-18-25)39(37,38)33-4-2/h6-11,13-18,20-21,30,33H,3-5,12,19,22-24H2,1-2H3,(H,32,36)/t30-/m0/s1. The van der Waals surface area contributed by atoms with Crippen LogP contribution in [0.4, 0.5) is 0 Å². The van der Waals surface area contributed by atoms with Crippen LogP contribution in [0.2, 0.25) is 0 Å². The maximum Gasteiger partial charge on any atom is 0.247 e. The Labute approximate surface area is 232 Å². The highest BCUT2D eigenvalue weighted by molar-refractivity contribution is 7.89. The van der Waals surface area contributed by atoms with Gasteiger partial charge in [0.1, 0.15) is 6.04 Å². The summed E-state index contributed by atoms with van der Waals surface area (Å²) in [5.41, 5.74) is 2.54. The first-order valence-corrected chi connectivity index (χ1v) is 15.1. The third-order valence-corrected chi connectivity index (χ3v) is 8.03. The number of rotatable bonds is 15. The number of amides is 2. The van der Waals surface area contributed by atoms with Gasteiger partial charge in [-0.15, -0.1) is 0 Å². The quantitative estimate of drug-likeness (QED) is 0.261. The molecule has 0 radical (unpaired) electrons. The Kier molecular flexibility index (Phi) is 11.7. The van der Waals surface area contributed by atoms with Gasteiger partial charge in [-0.1, -0.05) is 99.5 Å². The van der Waals surface area contributed by atoms with Crippen molar-refractivity contribution in [2.24, 2.45) is 0 Å². The summed E-state index contributed by atoms with van der Waals surface area (Å²) >= 11 is 0. The fraction of sp³-hybridized carbons (Fsp3) is 0.355. The van der Waals surface area contributed by atoms with Gasteiger partial charge in [-0.3, -0.25) is 9.59 Å². The molecular weight excluding hydrogens is 510 g/mol. The van der Waals surface area contributed by atoms with Gasteiger partial charge >= 0.3 is 0 Å². The first-order valence-electron chi connectivity index (χ1n) is 13.6. The first-order chi connectivity index (χ1) is 18.9. The fourth-order valence-electron chi connectivity index (χ4n) is 4.40. The predicted molar refractivity (Wildman–Crippen MR) is 154 cm³/mol. The lowest BCUT2D eigenvalue weighted by atomic mass is 10.0. The summed E-state index contributed by atoms with van der Waals surface area (Å²) in [7, 11) is -3.54. The van der Waals surface area contributed by atoms with Crippen LogP contribution in [-0.4, -0.2) is 38.2 Å². The van der Waals surface area contributed by atoms with Crippen LogP contribution in [-0.2, 0) is 32.6 Å². The molecule has 3 aromatic carbocycles. The Bertz CT molecular complexity index is 1280. The zero-order chi connectivity index (χ0) is 28.1. The van der Waals surface area contributed by atoms with E-state index >= 15 is 0 Å². The molecule has 3 rings (SSSR count). The lowest BCUT2D eigenvalue weighted by Gasteiger charge is -2.32. The number of benzene rings is 3. The van der Waals surface area contributed by atoms with Crippen molar-refractivity contribution < 1.29 is 18.0 Å². The molecule has 0 saturated heterocycles. The van der Waals surface area contributed by atoms with E-state index in [1.165, 1.54) is 0 Å². The van der Waals surface area contributed by atoms with Crippen LogP contribution in [0.15, 0.2) is 89.8 Å². The number of nitrogens with zero attached hydrogens (tertiary/aromatic N) is 1. The third kappa shape index (κ3) is 9.04. The van der Waals surface area contributed by atoms with Crippen molar-refractivity contribution >= 4 is 21.8 Å². The molecule has 0 aromatic heterocycles. The van der Waals surface area contributed by atoms with Crippen LogP contribution >= 0.6 is 0 Å². The molecular formula is C31H39N3O4S. The summed E-state index contributed by atoms with van der Waals surface area (Å²) in [6.07, 6.45) is 3.57. The third-order valence-electron chi connectivity index (χ3n) is 6.47. The molecule has 0 spiro atoms. The molecule has 0 heterocycles. The number of nitrogens with one attached hydrogen (secondary N) is 2. The second-order valence-corrected chi connectivity index (χ2v) is 11.2. The first kappa shape index (κ1) is 30.1.